The lowest BCUT2D eigenvalue weighted by molar-refractivity contribution is -0.132. The van der Waals surface area contributed by atoms with Crippen LogP contribution in [-0.2, 0) is 77.8 Å². The van der Waals surface area contributed by atoms with Crippen LogP contribution in [0.2, 0.25) is 5.02 Å². The average Bonchev–Trinajstić information content (AvgIpc) is 1.58. The van der Waals surface area contributed by atoms with Crippen molar-refractivity contribution in [2.24, 2.45) is 0 Å². The second kappa shape index (κ2) is 36.4. The van der Waals surface area contributed by atoms with Crippen LogP contribution < -0.4 is 19.8 Å². The number of sulfonamides is 1. The lowest BCUT2D eigenvalue weighted by Crippen LogP contribution is -2.47. The zero-order chi connectivity index (χ0) is 77.9. The number of ether oxygens (including phenoxy) is 4. The number of imide groups is 1. The molecule has 110 heavy (non-hydrogen) atoms. The van der Waals surface area contributed by atoms with E-state index in [4.69, 9.17) is 30.5 Å². The van der Waals surface area contributed by atoms with Crippen molar-refractivity contribution in [2.75, 3.05) is 124 Å². The Hall–Kier alpha value is -8.36. The van der Waals surface area contributed by atoms with Crippen molar-refractivity contribution in [1.82, 2.24) is 29.4 Å². The van der Waals surface area contributed by atoms with Crippen molar-refractivity contribution in [3.05, 3.63) is 179 Å². The van der Waals surface area contributed by atoms with E-state index >= 15 is 4.39 Å². The summed E-state index contributed by atoms with van der Waals surface area (Å²) >= 11 is 7.95. The smallest absolute Gasteiger partial charge is 0.262 e. The molecule has 2 saturated heterocycles. The molecule has 5 heterocycles. The number of likely N-dealkylation sites (tertiary alicyclic amines) is 1. The van der Waals surface area contributed by atoms with E-state index < -0.39 is 59.2 Å². The van der Waals surface area contributed by atoms with Gasteiger partial charge in [-0.25, -0.2) is 29.6 Å². The second-order valence-corrected chi connectivity index (χ2v) is 35.7. The lowest BCUT2D eigenvalue weighted by Gasteiger charge is -2.37. The first-order chi connectivity index (χ1) is 52.8. The Morgan fingerprint density at radius 1 is 0.682 bits per heavy atom. The van der Waals surface area contributed by atoms with Gasteiger partial charge in [0.15, 0.2) is 25.5 Å². The molecule has 0 radical (unpaired) electrons. The summed E-state index contributed by atoms with van der Waals surface area (Å²) in [6.45, 7) is 13.6. The highest BCUT2D eigenvalue weighted by Crippen LogP contribution is 2.45. The number of piperazine rings is 1. The van der Waals surface area contributed by atoms with Gasteiger partial charge in [-0.15, -0.1) is 16.9 Å². The number of thioether (sulfide) groups is 1. The van der Waals surface area contributed by atoms with Gasteiger partial charge in [0.05, 0.1) is 95.0 Å². The number of rotatable bonds is 36. The summed E-state index contributed by atoms with van der Waals surface area (Å²) in [7, 11) is -12.0. The van der Waals surface area contributed by atoms with Crippen LogP contribution in [-0.4, -0.2) is 200 Å². The molecule has 1 unspecified atom stereocenters. The highest BCUT2D eigenvalue weighted by atomic mass is 35.5. The van der Waals surface area contributed by atoms with E-state index in [-0.39, 0.29) is 75.8 Å². The quantitative estimate of drug-likeness (QED) is 0.0160. The summed E-state index contributed by atoms with van der Waals surface area (Å²) in [6.07, 6.45) is 8.56. The molecule has 3 fully saturated rings. The Kier molecular flexibility index (Phi) is 26.9. The number of nitrogens with one attached hydrogen (secondary N) is 2. The number of ketones is 2. The summed E-state index contributed by atoms with van der Waals surface area (Å²) in [4.78, 5) is 59.4. The van der Waals surface area contributed by atoms with Crippen LogP contribution in [0.3, 0.4) is 0 Å². The number of sulfone groups is 2. The highest BCUT2D eigenvalue weighted by Gasteiger charge is 2.45. The third kappa shape index (κ3) is 20.3. The number of aromatic nitrogens is 4. The first-order valence-corrected chi connectivity index (χ1v) is 43.8. The summed E-state index contributed by atoms with van der Waals surface area (Å²) in [5.74, 6) is -1.43. The Morgan fingerprint density at radius 3 is 2.07 bits per heavy atom. The number of aryl methyl sites for hydroxylation is 2. The van der Waals surface area contributed by atoms with Crippen molar-refractivity contribution < 1.29 is 67.8 Å². The van der Waals surface area contributed by atoms with Gasteiger partial charge in [-0.2, -0.15) is 0 Å². The molecule has 6 aromatic carbocycles. The number of carbonyl (C=O) groups is 4. The number of nitrogens with zero attached hydrogens (tertiary/aromatic N) is 8. The number of Topliss-reactive ketones (excluding diaryl/α,β-unsaturated/α-hetero) is 2. The molecule has 2 aromatic heterocycles. The standard InChI is InChI=1S/C80H94ClFN10O14S4/c1-54(2)91-55(3)78(109(5,99)100)76(77(91)57-17-19-59(81)20-18-57)58-46-60(82)48-65(47-58)89-38-36-88(37-39-89)64-23-21-61(22-24-64)85-110(101,102)69-26-27-71(74(50-69)108(4,97)98)83-62(53-107-68-14-7-6-8-15-68)29-33-87-34-30-67(31-35-87)106-41-11-32-90-51-63(84-86-90)52-105-45-44-104-43-42-103-40-10-13-56-12-9-16-70-75(56)80(96)92(79(70)95)72-28-25-66(93)49-73(72)94/h6-9,12,14-24,26-27,46-48,50-51,54,62,67,72,83,85H,10-11,13,25,28-45,49,52-53H2,1-5H3/t62-,72?/m1/s1. The number of anilines is 4. The molecule has 2 amide bonds. The number of halogens is 2. The number of amides is 2. The molecular weight excluding hydrogens is 1510 g/mol. The van der Waals surface area contributed by atoms with Gasteiger partial charge in [0, 0.05) is 141 Å². The second-order valence-electron chi connectivity index (χ2n) is 28.6. The van der Waals surface area contributed by atoms with Gasteiger partial charge >= 0.3 is 0 Å². The minimum absolute atomic E-state index is 0.107. The van der Waals surface area contributed by atoms with E-state index in [1.807, 2.05) is 91.3 Å². The van der Waals surface area contributed by atoms with Gasteiger partial charge in [-0.05, 0) is 173 Å². The molecule has 24 nitrogen and oxygen atoms in total. The Balaban J connectivity index is 0.561. The average molecular weight is 1600 g/mol. The maximum absolute atomic E-state index is 15.9. The van der Waals surface area contributed by atoms with Crippen LogP contribution in [0.25, 0.3) is 22.4 Å². The third-order valence-corrected chi connectivity index (χ3v) is 25.4. The molecule has 2 atom stereocenters. The molecule has 586 valence electrons. The summed E-state index contributed by atoms with van der Waals surface area (Å²) in [6, 6.07) is 36.9. The van der Waals surface area contributed by atoms with Crippen molar-refractivity contribution >= 4 is 99.2 Å². The van der Waals surface area contributed by atoms with E-state index in [9.17, 15) is 44.4 Å². The normalized spacial score (nSPS) is 16.5. The van der Waals surface area contributed by atoms with Crippen LogP contribution in [0, 0.1) is 12.7 Å². The summed E-state index contributed by atoms with van der Waals surface area (Å²) in [5.41, 5.74) is 6.87. The van der Waals surface area contributed by atoms with Gasteiger partial charge in [-0.1, -0.05) is 59.3 Å². The maximum Gasteiger partial charge on any atom is 0.262 e. The van der Waals surface area contributed by atoms with Crippen LogP contribution >= 0.6 is 23.4 Å². The predicted octanol–water partition coefficient (Wildman–Crippen LogP) is 12.0. The lowest BCUT2D eigenvalue weighted by atomic mass is 9.92. The monoisotopic (exact) mass is 1600 g/mol. The van der Waals surface area contributed by atoms with E-state index in [0.29, 0.717) is 148 Å². The van der Waals surface area contributed by atoms with Gasteiger partial charge in [0.25, 0.3) is 21.8 Å². The van der Waals surface area contributed by atoms with Gasteiger partial charge < -0.3 is 43.5 Å². The number of benzene rings is 6. The molecular formula is C80H94ClFN10O14S4. The number of hydrogen-bond acceptors (Lipinski definition) is 21. The van der Waals surface area contributed by atoms with E-state index in [1.54, 1.807) is 59.8 Å². The van der Waals surface area contributed by atoms with Crippen LogP contribution in [0.15, 0.2) is 159 Å². The first kappa shape index (κ1) is 81.1. The zero-order valence-electron chi connectivity index (χ0n) is 62.4. The van der Waals surface area contributed by atoms with Crippen molar-refractivity contribution in [2.45, 2.75) is 136 Å². The molecule has 2 N–H and O–H groups in total. The van der Waals surface area contributed by atoms with Crippen LogP contribution in [0.4, 0.5) is 27.1 Å². The topological polar surface area (TPSA) is 280 Å². The molecule has 0 bridgehead atoms. The molecule has 4 aliphatic rings. The fourth-order valence-corrected chi connectivity index (χ4v) is 19.2. The molecule has 12 rings (SSSR count). The minimum atomic E-state index is -4.28. The Bertz CT molecular complexity index is 4960. The minimum Gasteiger partial charge on any atom is -0.380 e. The van der Waals surface area contributed by atoms with E-state index in [0.717, 1.165) is 71.8 Å². The first-order valence-electron chi connectivity index (χ1n) is 37.2. The summed E-state index contributed by atoms with van der Waals surface area (Å²) in [5, 5.41) is 12.6. The van der Waals surface area contributed by atoms with Crippen molar-refractivity contribution in [3.8, 4) is 22.4 Å². The Morgan fingerprint density at radius 2 is 1.38 bits per heavy atom. The number of piperidine rings is 1. The fourth-order valence-electron chi connectivity index (χ4n) is 14.9. The van der Waals surface area contributed by atoms with E-state index in [2.05, 4.69) is 35.1 Å². The van der Waals surface area contributed by atoms with E-state index in [1.165, 1.54) is 36.6 Å². The summed E-state index contributed by atoms with van der Waals surface area (Å²) < 4.78 is 128. The SMILES string of the molecule is Cc1c(S(C)(=O)=O)c(-c2cc(F)cc(N3CCN(c4ccc(NS(=O)(=O)c5ccc(N[C@H](CCN6CCC(OCCCn7cc(COCCOCCOCCCc8cccc9c8C(=O)N(C8CCC(=O)CC8=O)C9=O)nn7)CC6)CSc6ccccc6)c(S(C)(=O)=O)c5)cc4)CC3)c2)c(-c2ccc(Cl)cc2)n1C(C)C. The van der Waals surface area contributed by atoms with Crippen LogP contribution in [0.1, 0.15) is 109 Å². The van der Waals surface area contributed by atoms with Gasteiger partial charge in [0.1, 0.15) is 17.3 Å². The molecule has 8 aromatic rings. The predicted molar refractivity (Wildman–Crippen MR) is 423 cm³/mol. The largest absolute Gasteiger partial charge is 0.380 e. The van der Waals surface area contributed by atoms with Crippen LogP contribution in [0.5, 0.6) is 0 Å². The number of hydrogen-bond donors (Lipinski definition) is 2. The number of fused-ring (bicyclic) bond motifs is 1. The fraction of sp³-hybridized carbons (Fsp3) is 0.425. The highest BCUT2D eigenvalue weighted by molar-refractivity contribution is 7.99. The molecule has 3 aliphatic heterocycles. The van der Waals surface area contributed by atoms with Gasteiger partial charge in [0.2, 0.25) is 0 Å². The zero-order valence-corrected chi connectivity index (χ0v) is 66.5. The molecule has 0 spiro atoms. The molecule has 1 aliphatic carbocycles. The molecule has 1 saturated carbocycles. The third-order valence-electron chi connectivity index (χ3n) is 20.2. The van der Waals surface area contributed by atoms with Crippen molar-refractivity contribution in [1.29, 1.82) is 0 Å². The number of carbonyl (C=O) groups excluding carboxylic acids is 4. The maximum atomic E-state index is 15.9. The van der Waals surface area contributed by atoms with Gasteiger partial charge in [-0.3, -0.25) is 33.5 Å². The van der Waals surface area contributed by atoms with Crippen molar-refractivity contribution in [3.63, 3.8) is 0 Å². The Labute approximate surface area is 652 Å². The molecule has 30 heteroatoms.